The summed E-state index contributed by atoms with van der Waals surface area (Å²) < 4.78 is 42.2. The first-order valence-electron chi connectivity index (χ1n) is 8.80. The van der Waals surface area contributed by atoms with Crippen LogP contribution in [0.5, 0.6) is 0 Å². The molecule has 1 aromatic heterocycles. The maximum absolute atomic E-state index is 12.6. The third-order valence-corrected chi connectivity index (χ3v) is 4.73. The van der Waals surface area contributed by atoms with Gasteiger partial charge >= 0.3 is 6.18 Å². The Morgan fingerprint density at radius 2 is 2.00 bits per heavy atom. The van der Waals surface area contributed by atoms with Crippen LogP contribution in [0.1, 0.15) is 24.6 Å². The van der Waals surface area contributed by atoms with Crippen LogP contribution in [0.15, 0.2) is 28.8 Å². The van der Waals surface area contributed by atoms with E-state index in [0.717, 1.165) is 0 Å². The summed E-state index contributed by atoms with van der Waals surface area (Å²) in [5.74, 6) is -2.28. The standard InChI is InChI=1S/C17H18F3N5O4/c1-23(10-14-21-16(22-29-14)17(18,19)20)15(26)11-6-8-24(9-7-11)12-4-2-3-5-13(12)25(27)28/h2-5,11H,6-10H2,1H3. The van der Waals surface area contributed by atoms with Crippen LogP contribution >= 0.6 is 0 Å². The number of carbonyl (C=O) groups is 1. The first-order chi connectivity index (χ1) is 13.7. The number of nitro groups is 1. The van der Waals surface area contributed by atoms with Crippen molar-refractivity contribution in [1.82, 2.24) is 15.0 Å². The highest BCUT2D eigenvalue weighted by atomic mass is 19.4. The van der Waals surface area contributed by atoms with E-state index in [-0.39, 0.29) is 29.9 Å². The number of nitrogens with zero attached hydrogens (tertiary/aromatic N) is 5. The highest BCUT2D eigenvalue weighted by Gasteiger charge is 2.37. The number of amides is 1. The van der Waals surface area contributed by atoms with E-state index in [1.807, 2.05) is 4.90 Å². The van der Waals surface area contributed by atoms with Crippen molar-refractivity contribution < 1.29 is 27.4 Å². The predicted octanol–water partition coefficient (Wildman–Crippen LogP) is 2.87. The lowest BCUT2D eigenvalue weighted by Crippen LogP contribution is -2.41. The van der Waals surface area contributed by atoms with Crippen LogP contribution in [-0.4, -0.2) is 46.0 Å². The Hall–Kier alpha value is -3.18. The van der Waals surface area contributed by atoms with E-state index in [2.05, 4.69) is 14.7 Å². The van der Waals surface area contributed by atoms with E-state index in [9.17, 15) is 28.1 Å². The fraction of sp³-hybridized carbons (Fsp3) is 0.471. The predicted molar refractivity (Wildman–Crippen MR) is 93.8 cm³/mol. The van der Waals surface area contributed by atoms with Crippen LogP contribution in [0.4, 0.5) is 24.5 Å². The van der Waals surface area contributed by atoms with Gasteiger partial charge in [-0.05, 0) is 18.9 Å². The van der Waals surface area contributed by atoms with Gasteiger partial charge in [0.25, 0.3) is 11.5 Å². The molecule has 1 saturated heterocycles. The van der Waals surface area contributed by atoms with Crippen molar-refractivity contribution >= 4 is 17.3 Å². The number of piperidine rings is 1. The number of carbonyl (C=O) groups excluding carboxylic acids is 1. The lowest BCUT2D eigenvalue weighted by atomic mass is 9.95. The van der Waals surface area contributed by atoms with Gasteiger partial charge in [0, 0.05) is 32.1 Å². The second-order valence-electron chi connectivity index (χ2n) is 6.71. The minimum atomic E-state index is -4.71. The van der Waals surface area contributed by atoms with E-state index in [1.54, 1.807) is 18.2 Å². The number of nitro benzene ring substituents is 1. The Morgan fingerprint density at radius 3 is 2.59 bits per heavy atom. The number of rotatable bonds is 5. The summed E-state index contributed by atoms with van der Waals surface area (Å²) in [5.41, 5.74) is 0.508. The highest BCUT2D eigenvalue weighted by Crippen LogP contribution is 2.32. The Bertz CT molecular complexity index is 893. The smallest absolute Gasteiger partial charge is 0.366 e. The number of para-hydroxylation sites is 2. The van der Waals surface area contributed by atoms with Gasteiger partial charge < -0.3 is 14.3 Å². The monoisotopic (exact) mass is 413 g/mol. The molecule has 1 fully saturated rings. The molecule has 9 nitrogen and oxygen atoms in total. The van der Waals surface area contributed by atoms with E-state index in [4.69, 9.17) is 0 Å². The molecular formula is C17H18F3N5O4. The summed E-state index contributed by atoms with van der Waals surface area (Å²) in [6, 6.07) is 6.40. The Labute approximate surface area is 163 Å². The third-order valence-electron chi connectivity index (χ3n) is 4.73. The summed E-state index contributed by atoms with van der Waals surface area (Å²) in [6.45, 7) is 0.675. The maximum atomic E-state index is 12.6. The van der Waals surface area contributed by atoms with Gasteiger partial charge in [-0.25, -0.2) is 0 Å². The van der Waals surface area contributed by atoms with Gasteiger partial charge in [0.2, 0.25) is 11.8 Å². The zero-order chi connectivity index (χ0) is 21.2. The Balaban J connectivity index is 1.58. The van der Waals surface area contributed by atoms with Gasteiger partial charge in [0.05, 0.1) is 11.5 Å². The van der Waals surface area contributed by atoms with Crippen LogP contribution < -0.4 is 4.90 Å². The average Bonchev–Trinajstić information content (AvgIpc) is 3.16. The molecule has 0 spiro atoms. The lowest BCUT2D eigenvalue weighted by Gasteiger charge is -2.34. The SMILES string of the molecule is CN(Cc1nc(C(F)(F)F)no1)C(=O)C1CCN(c2ccccc2[N+](=O)[O-])CC1. The molecule has 156 valence electrons. The fourth-order valence-electron chi connectivity index (χ4n) is 3.28. The average molecular weight is 413 g/mol. The van der Waals surface area contributed by atoms with Crippen molar-refractivity contribution in [3.8, 4) is 0 Å². The number of halogens is 3. The first-order valence-corrected chi connectivity index (χ1v) is 8.80. The van der Waals surface area contributed by atoms with E-state index < -0.39 is 16.9 Å². The number of hydrogen-bond acceptors (Lipinski definition) is 7. The van der Waals surface area contributed by atoms with Gasteiger partial charge in [-0.15, -0.1) is 0 Å². The molecule has 1 aliphatic heterocycles. The largest absolute Gasteiger partial charge is 0.455 e. The molecule has 0 atom stereocenters. The topological polar surface area (TPSA) is 106 Å². The van der Waals surface area contributed by atoms with Crippen LogP contribution in [-0.2, 0) is 17.5 Å². The van der Waals surface area contributed by atoms with Gasteiger partial charge in [-0.3, -0.25) is 14.9 Å². The summed E-state index contributed by atoms with van der Waals surface area (Å²) in [4.78, 5) is 29.7. The number of aromatic nitrogens is 2. The first kappa shape index (κ1) is 20.6. The Morgan fingerprint density at radius 1 is 1.34 bits per heavy atom. The van der Waals surface area contributed by atoms with Crippen LogP contribution in [0.25, 0.3) is 0 Å². The molecule has 12 heteroatoms. The van der Waals surface area contributed by atoms with Crippen molar-refractivity contribution in [2.75, 3.05) is 25.0 Å². The summed E-state index contributed by atoms with van der Waals surface area (Å²) in [5, 5.41) is 14.1. The minimum absolute atomic E-state index is 0.00579. The van der Waals surface area contributed by atoms with E-state index in [0.29, 0.717) is 31.6 Å². The summed E-state index contributed by atoms with van der Waals surface area (Å²) in [6.07, 6.45) is -3.78. The zero-order valence-corrected chi connectivity index (χ0v) is 15.4. The molecule has 0 bridgehead atoms. The zero-order valence-electron chi connectivity index (χ0n) is 15.4. The normalized spacial score (nSPS) is 15.4. The second kappa shape index (κ2) is 8.05. The van der Waals surface area contributed by atoms with Crippen LogP contribution in [0.2, 0.25) is 0 Å². The number of hydrogen-bond donors (Lipinski definition) is 0. The number of benzene rings is 1. The number of anilines is 1. The quantitative estimate of drug-likeness (QED) is 0.548. The van der Waals surface area contributed by atoms with Crippen LogP contribution in [0, 0.1) is 16.0 Å². The molecule has 1 aromatic carbocycles. The molecular weight excluding hydrogens is 395 g/mol. The third kappa shape index (κ3) is 4.63. The Kier molecular flexibility index (Phi) is 5.71. The molecule has 29 heavy (non-hydrogen) atoms. The number of alkyl halides is 3. The summed E-state index contributed by atoms with van der Waals surface area (Å²) >= 11 is 0. The van der Waals surface area contributed by atoms with Crippen molar-refractivity contribution in [2.24, 2.45) is 5.92 Å². The molecule has 0 unspecified atom stereocenters. The van der Waals surface area contributed by atoms with Gasteiger partial charge in [-0.2, -0.15) is 18.2 Å². The van der Waals surface area contributed by atoms with Gasteiger partial charge in [0.1, 0.15) is 5.69 Å². The molecule has 1 aliphatic rings. The van der Waals surface area contributed by atoms with Crippen molar-refractivity contribution in [1.29, 1.82) is 0 Å². The molecule has 0 aliphatic carbocycles. The highest BCUT2D eigenvalue weighted by molar-refractivity contribution is 5.79. The molecule has 2 heterocycles. The molecule has 0 radical (unpaired) electrons. The molecule has 3 rings (SSSR count). The van der Waals surface area contributed by atoms with Crippen molar-refractivity contribution in [3.05, 3.63) is 46.1 Å². The van der Waals surface area contributed by atoms with E-state index >= 15 is 0 Å². The van der Waals surface area contributed by atoms with Crippen molar-refractivity contribution in [2.45, 2.75) is 25.6 Å². The fourth-order valence-corrected chi connectivity index (χ4v) is 3.28. The molecule has 1 amide bonds. The van der Waals surface area contributed by atoms with E-state index in [1.165, 1.54) is 18.0 Å². The van der Waals surface area contributed by atoms with Gasteiger partial charge in [-0.1, -0.05) is 17.3 Å². The van der Waals surface area contributed by atoms with Gasteiger partial charge in [0.15, 0.2) is 0 Å². The summed E-state index contributed by atoms with van der Waals surface area (Å²) in [7, 11) is 1.45. The molecule has 0 saturated carbocycles. The second-order valence-corrected chi connectivity index (χ2v) is 6.71. The molecule has 2 aromatic rings. The minimum Gasteiger partial charge on any atom is -0.366 e. The van der Waals surface area contributed by atoms with Crippen molar-refractivity contribution in [3.63, 3.8) is 0 Å². The molecule has 0 N–H and O–H groups in total. The van der Waals surface area contributed by atoms with Crippen LogP contribution in [0.3, 0.4) is 0 Å². The maximum Gasteiger partial charge on any atom is 0.455 e. The lowest BCUT2D eigenvalue weighted by molar-refractivity contribution is -0.384.